The Bertz CT molecular complexity index is 284. The molecule has 0 radical (unpaired) electrons. The van der Waals surface area contributed by atoms with Gasteiger partial charge in [0.05, 0.1) is 12.7 Å². The first-order valence-electron chi connectivity index (χ1n) is 4.56. The Kier molecular flexibility index (Phi) is 6.13. The zero-order valence-corrected chi connectivity index (χ0v) is 8.67. The summed E-state index contributed by atoms with van der Waals surface area (Å²) in [6.07, 6.45) is 3.27. The second-order valence-corrected chi connectivity index (χ2v) is 2.95. The molecule has 0 aromatic carbocycles. The number of allylic oxidation sites excluding steroid dienone is 2. The minimum Gasteiger partial charge on any atom is -0.462 e. The lowest BCUT2D eigenvalue weighted by Crippen LogP contribution is -2.06. The van der Waals surface area contributed by atoms with E-state index in [9.17, 15) is 4.79 Å². The van der Waals surface area contributed by atoms with E-state index in [1.165, 1.54) is 6.08 Å². The average molecular weight is 193 g/mol. The van der Waals surface area contributed by atoms with Gasteiger partial charge in [0.1, 0.15) is 0 Å². The quantitative estimate of drug-likeness (QED) is 0.221. The number of carbonyl (C=O) groups is 1. The van der Waals surface area contributed by atoms with Crippen molar-refractivity contribution in [3.63, 3.8) is 0 Å². The van der Waals surface area contributed by atoms with Crippen molar-refractivity contribution in [2.75, 3.05) is 6.61 Å². The molecule has 0 aliphatic carbocycles. The maximum Gasteiger partial charge on any atom is 0.333 e. The molecule has 14 heavy (non-hydrogen) atoms. The molecule has 0 bridgehead atoms. The maximum atomic E-state index is 11.2. The predicted molar refractivity (Wildman–Crippen MR) is 54.4 cm³/mol. The van der Waals surface area contributed by atoms with Gasteiger partial charge >= 0.3 is 5.97 Å². The van der Waals surface area contributed by atoms with Crippen LogP contribution in [-0.4, -0.2) is 12.6 Å². The van der Waals surface area contributed by atoms with Gasteiger partial charge in [0.25, 0.3) is 0 Å². The Balaban J connectivity index is 4.07. The van der Waals surface area contributed by atoms with E-state index in [1.54, 1.807) is 6.92 Å². The molecule has 0 aliphatic heterocycles. The van der Waals surface area contributed by atoms with Crippen molar-refractivity contribution >= 4 is 5.97 Å². The van der Waals surface area contributed by atoms with Crippen LogP contribution in [0.4, 0.5) is 0 Å². The lowest BCUT2D eigenvalue weighted by molar-refractivity contribution is -0.139. The van der Waals surface area contributed by atoms with Crippen LogP contribution in [0.25, 0.3) is 0 Å². The van der Waals surface area contributed by atoms with Gasteiger partial charge in [0.15, 0.2) is 0 Å². The SMILES string of the molecule is C=C(C#N)/C=C(\C)C(=O)OCCCC. The number of nitrogens with zero attached hydrogens (tertiary/aromatic N) is 1. The van der Waals surface area contributed by atoms with E-state index in [2.05, 4.69) is 6.58 Å². The third-order valence-electron chi connectivity index (χ3n) is 1.59. The second kappa shape index (κ2) is 6.90. The van der Waals surface area contributed by atoms with Crippen molar-refractivity contribution in [2.45, 2.75) is 26.7 Å². The smallest absolute Gasteiger partial charge is 0.333 e. The van der Waals surface area contributed by atoms with Crippen LogP contribution in [0.1, 0.15) is 26.7 Å². The van der Waals surface area contributed by atoms with Crippen LogP contribution < -0.4 is 0 Å². The van der Waals surface area contributed by atoms with Crippen molar-refractivity contribution in [3.05, 3.63) is 23.8 Å². The number of hydrogen-bond acceptors (Lipinski definition) is 3. The van der Waals surface area contributed by atoms with E-state index in [0.717, 1.165) is 12.8 Å². The van der Waals surface area contributed by atoms with Gasteiger partial charge in [-0.3, -0.25) is 0 Å². The molecule has 0 atom stereocenters. The Morgan fingerprint density at radius 2 is 2.29 bits per heavy atom. The molecule has 3 nitrogen and oxygen atoms in total. The van der Waals surface area contributed by atoms with Crippen molar-refractivity contribution < 1.29 is 9.53 Å². The van der Waals surface area contributed by atoms with Crippen molar-refractivity contribution in [2.24, 2.45) is 0 Å². The Morgan fingerprint density at radius 3 is 2.79 bits per heavy atom. The summed E-state index contributed by atoms with van der Waals surface area (Å²) in [4.78, 5) is 11.2. The first-order chi connectivity index (χ1) is 6.61. The number of ether oxygens (including phenoxy) is 1. The second-order valence-electron chi connectivity index (χ2n) is 2.95. The third-order valence-corrected chi connectivity index (χ3v) is 1.59. The summed E-state index contributed by atoms with van der Waals surface area (Å²) in [5.41, 5.74) is 0.669. The fourth-order valence-electron chi connectivity index (χ4n) is 0.776. The molecule has 0 spiro atoms. The third kappa shape index (κ3) is 5.15. The zero-order valence-electron chi connectivity index (χ0n) is 8.67. The molecular weight excluding hydrogens is 178 g/mol. The molecular formula is C11H15NO2. The van der Waals surface area contributed by atoms with E-state index in [0.29, 0.717) is 12.2 Å². The predicted octanol–water partition coefficient (Wildman–Crippen LogP) is 2.36. The number of esters is 1. The fraction of sp³-hybridized carbons (Fsp3) is 0.455. The van der Waals surface area contributed by atoms with Crippen LogP contribution in [0.15, 0.2) is 23.8 Å². The largest absolute Gasteiger partial charge is 0.462 e. The normalized spacial score (nSPS) is 10.5. The highest BCUT2D eigenvalue weighted by Gasteiger charge is 2.04. The van der Waals surface area contributed by atoms with Gasteiger partial charge in [0.2, 0.25) is 0 Å². The van der Waals surface area contributed by atoms with Gasteiger partial charge in [0, 0.05) is 11.1 Å². The topological polar surface area (TPSA) is 50.1 Å². The average Bonchev–Trinajstić information content (AvgIpc) is 2.17. The molecule has 0 saturated carbocycles. The molecule has 0 rings (SSSR count). The highest BCUT2D eigenvalue weighted by atomic mass is 16.5. The zero-order chi connectivity index (χ0) is 11.0. The van der Waals surface area contributed by atoms with Crippen molar-refractivity contribution in [1.82, 2.24) is 0 Å². The molecule has 0 aromatic heterocycles. The number of unbranched alkanes of at least 4 members (excludes halogenated alkanes) is 1. The number of carbonyl (C=O) groups excluding carboxylic acids is 1. The first-order valence-corrected chi connectivity index (χ1v) is 4.56. The van der Waals surface area contributed by atoms with Gasteiger partial charge in [-0.1, -0.05) is 19.9 Å². The minimum absolute atomic E-state index is 0.259. The number of rotatable bonds is 5. The van der Waals surface area contributed by atoms with Gasteiger partial charge in [-0.05, 0) is 19.4 Å². The summed E-state index contributed by atoms with van der Waals surface area (Å²) in [5, 5.41) is 8.43. The Morgan fingerprint density at radius 1 is 1.64 bits per heavy atom. The van der Waals surface area contributed by atoms with Gasteiger partial charge < -0.3 is 4.74 Å². The molecule has 0 N–H and O–H groups in total. The van der Waals surface area contributed by atoms with Crippen LogP contribution in [0, 0.1) is 11.3 Å². The standard InChI is InChI=1S/C11H15NO2/c1-4-5-6-14-11(13)10(3)7-9(2)8-12/h7H,2,4-6H2,1,3H3/b10-7+. The van der Waals surface area contributed by atoms with Crippen molar-refractivity contribution in [3.8, 4) is 6.07 Å². The molecule has 0 fully saturated rings. The van der Waals surface area contributed by atoms with Crippen LogP contribution in [-0.2, 0) is 9.53 Å². The fourth-order valence-corrected chi connectivity index (χ4v) is 0.776. The molecule has 0 aromatic rings. The number of nitriles is 1. The summed E-state index contributed by atoms with van der Waals surface area (Å²) in [6.45, 7) is 7.51. The first kappa shape index (κ1) is 12.4. The highest BCUT2D eigenvalue weighted by Crippen LogP contribution is 2.02. The van der Waals surface area contributed by atoms with Crippen LogP contribution >= 0.6 is 0 Å². The van der Waals surface area contributed by atoms with Crippen LogP contribution in [0.5, 0.6) is 0 Å². The maximum absolute atomic E-state index is 11.2. The van der Waals surface area contributed by atoms with Crippen LogP contribution in [0.3, 0.4) is 0 Å². The molecule has 3 heteroatoms. The van der Waals surface area contributed by atoms with E-state index in [4.69, 9.17) is 10.00 Å². The summed E-state index contributed by atoms with van der Waals surface area (Å²) in [5.74, 6) is -0.380. The molecule has 0 amide bonds. The molecule has 76 valence electrons. The minimum atomic E-state index is -0.380. The molecule has 0 unspecified atom stereocenters. The van der Waals surface area contributed by atoms with E-state index < -0.39 is 0 Å². The number of hydrogen-bond donors (Lipinski definition) is 0. The molecule has 0 saturated heterocycles. The monoisotopic (exact) mass is 193 g/mol. The van der Waals surface area contributed by atoms with Crippen LogP contribution in [0.2, 0.25) is 0 Å². The summed E-state index contributed by atoms with van der Waals surface area (Å²) < 4.78 is 4.93. The Labute approximate surface area is 84.7 Å². The van der Waals surface area contributed by atoms with E-state index >= 15 is 0 Å². The summed E-state index contributed by atoms with van der Waals surface area (Å²) >= 11 is 0. The summed E-state index contributed by atoms with van der Waals surface area (Å²) in [6, 6.07) is 1.84. The van der Waals surface area contributed by atoms with Gasteiger partial charge in [-0.25, -0.2) is 4.79 Å². The van der Waals surface area contributed by atoms with E-state index in [-0.39, 0.29) is 11.5 Å². The van der Waals surface area contributed by atoms with Crippen molar-refractivity contribution in [1.29, 1.82) is 5.26 Å². The van der Waals surface area contributed by atoms with E-state index in [1.807, 2.05) is 13.0 Å². The lowest BCUT2D eigenvalue weighted by Gasteiger charge is -2.02. The summed E-state index contributed by atoms with van der Waals surface area (Å²) in [7, 11) is 0. The van der Waals surface area contributed by atoms with Gasteiger partial charge in [-0.15, -0.1) is 0 Å². The Hall–Kier alpha value is -1.56. The molecule has 0 heterocycles. The molecule has 0 aliphatic rings. The lowest BCUT2D eigenvalue weighted by atomic mass is 10.2. The van der Waals surface area contributed by atoms with Gasteiger partial charge in [-0.2, -0.15) is 5.26 Å². The highest BCUT2D eigenvalue weighted by molar-refractivity contribution is 5.88.